The van der Waals surface area contributed by atoms with Crippen LogP contribution in [0.15, 0.2) is 58.3 Å². The van der Waals surface area contributed by atoms with Gasteiger partial charge in [0.25, 0.3) is 5.56 Å². The molecule has 1 aromatic heterocycles. The number of nitrogens with zero attached hydrogens (tertiary/aromatic N) is 3. The molecule has 0 fully saturated rings. The van der Waals surface area contributed by atoms with Gasteiger partial charge >= 0.3 is 0 Å². The maximum Gasteiger partial charge on any atom is 0.290 e. The summed E-state index contributed by atoms with van der Waals surface area (Å²) in [7, 11) is 0. The van der Waals surface area contributed by atoms with E-state index in [0.29, 0.717) is 47.9 Å². The number of benzene rings is 2. The Kier molecular flexibility index (Phi) is 8.60. The molecule has 3 aromatic rings. The standard InChI is InChI=1S/C26H30ClN5O2/c1-17-10-12-21(13-11-17)30-18(2)24-19(3)31-32(26(34)25(24)28)16-6-9-23(33)29-15-14-20-7-4-5-8-22(20)27/h4-5,7-8,10-13H,6,9,14-16,28H2,1-3H3,(H,29,33). The van der Waals surface area contributed by atoms with Crippen LogP contribution in [0.25, 0.3) is 0 Å². The van der Waals surface area contributed by atoms with Crippen LogP contribution in [-0.2, 0) is 17.8 Å². The van der Waals surface area contributed by atoms with Gasteiger partial charge in [-0.2, -0.15) is 5.10 Å². The molecule has 1 heterocycles. The fraction of sp³-hybridized carbons (Fsp3) is 0.308. The molecule has 0 radical (unpaired) electrons. The molecule has 0 unspecified atom stereocenters. The lowest BCUT2D eigenvalue weighted by atomic mass is 10.1. The van der Waals surface area contributed by atoms with Crippen molar-refractivity contribution in [2.45, 2.75) is 46.6 Å². The molecule has 1 amide bonds. The first-order valence-corrected chi connectivity index (χ1v) is 11.6. The first-order valence-electron chi connectivity index (χ1n) is 11.3. The second-order valence-corrected chi connectivity index (χ2v) is 8.64. The molecule has 0 aliphatic rings. The minimum absolute atomic E-state index is 0.0810. The van der Waals surface area contributed by atoms with Gasteiger partial charge < -0.3 is 11.1 Å². The van der Waals surface area contributed by atoms with Crippen LogP contribution in [0, 0.1) is 13.8 Å². The van der Waals surface area contributed by atoms with Crippen LogP contribution in [0.3, 0.4) is 0 Å². The van der Waals surface area contributed by atoms with E-state index in [0.717, 1.165) is 16.8 Å². The third kappa shape index (κ3) is 6.54. The molecule has 0 aliphatic heterocycles. The van der Waals surface area contributed by atoms with Crippen LogP contribution >= 0.6 is 11.6 Å². The summed E-state index contributed by atoms with van der Waals surface area (Å²) in [5.74, 6) is -0.0810. The largest absolute Gasteiger partial charge is 0.394 e. The maximum absolute atomic E-state index is 12.8. The molecule has 34 heavy (non-hydrogen) atoms. The van der Waals surface area contributed by atoms with Crippen molar-refractivity contribution < 1.29 is 4.79 Å². The normalized spacial score (nSPS) is 11.5. The number of aliphatic imine (C=N–C) groups is 1. The van der Waals surface area contributed by atoms with Gasteiger partial charge in [0.15, 0.2) is 0 Å². The predicted octanol–water partition coefficient (Wildman–Crippen LogP) is 4.38. The number of aromatic nitrogens is 2. The summed E-state index contributed by atoms with van der Waals surface area (Å²) in [4.78, 5) is 29.6. The van der Waals surface area contributed by atoms with Crippen molar-refractivity contribution in [1.29, 1.82) is 0 Å². The number of rotatable bonds is 9. The Labute approximate surface area is 204 Å². The van der Waals surface area contributed by atoms with E-state index in [1.165, 1.54) is 4.68 Å². The zero-order chi connectivity index (χ0) is 24.7. The molecule has 0 atom stereocenters. The quantitative estimate of drug-likeness (QED) is 0.444. The van der Waals surface area contributed by atoms with E-state index >= 15 is 0 Å². The third-order valence-electron chi connectivity index (χ3n) is 5.51. The molecule has 3 N–H and O–H groups in total. The zero-order valence-electron chi connectivity index (χ0n) is 19.8. The highest BCUT2D eigenvalue weighted by molar-refractivity contribution is 6.31. The number of nitrogens with two attached hydrogens (primary N) is 1. The molecular formula is C26H30ClN5O2. The van der Waals surface area contributed by atoms with E-state index in [2.05, 4.69) is 15.4 Å². The Hall–Kier alpha value is -3.45. The van der Waals surface area contributed by atoms with Gasteiger partial charge in [0, 0.05) is 35.8 Å². The number of halogens is 1. The van der Waals surface area contributed by atoms with Crippen molar-refractivity contribution in [2.75, 3.05) is 12.3 Å². The van der Waals surface area contributed by atoms with Crippen LogP contribution in [0.2, 0.25) is 5.02 Å². The summed E-state index contributed by atoms with van der Waals surface area (Å²) in [6, 6.07) is 15.4. The number of anilines is 1. The molecular weight excluding hydrogens is 450 g/mol. The van der Waals surface area contributed by atoms with Gasteiger partial charge in [-0.25, -0.2) is 4.68 Å². The van der Waals surface area contributed by atoms with Crippen molar-refractivity contribution in [3.8, 4) is 0 Å². The number of nitrogens with one attached hydrogen (secondary N) is 1. The first-order chi connectivity index (χ1) is 16.3. The number of carbonyl (C=O) groups excluding carboxylic acids is 1. The maximum atomic E-state index is 12.8. The van der Waals surface area contributed by atoms with E-state index in [-0.39, 0.29) is 23.6 Å². The molecule has 0 saturated heterocycles. The fourth-order valence-electron chi connectivity index (χ4n) is 3.71. The topological polar surface area (TPSA) is 102 Å². The van der Waals surface area contributed by atoms with Crippen LogP contribution < -0.4 is 16.6 Å². The van der Waals surface area contributed by atoms with E-state index in [4.69, 9.17) is 17.3 Å². The molecule has 0 spiro atoms. The highest BCUT2D eigenvalue weighted by Gasteiger charge is 2.15. The van der Waals surface area contributed by atoms with Gasteiger partial charge in [-0.1, -0.05) is 47.5 Å². The van der Waals surface area contributed by atoms with Crippen molar-refractivity contribution >= 4 is 34.6 Å². The number of carbonyl (C=O) groups is 1. The van der Waals surface area contributed by atoms with E-state index < -0.39 is 0 Å². The Morgan fingerprint density at radius 3 is 2.56 bits per heavy atom. The van der Waals surface area contributed by atoms with Crippen molar-refractivity contribution in [1.82, 2.24) is 15.1 Å². The summed E-state index contributed by atoms with van der Waals surface area (Å²) >= 11 is 6.14. The number of hydrogen-bond donors (Lipinski definition) is 2. The van der Waals surface area contributed by atoms with Crippen LogP contribution in [0.4, 0.5) is 11.4 Å². The summed E-state index contributed by atoms with van der Waals surface area (Å²) in [6.45, 7) is 6.43. The Morgan fingerprint density at radius 2 is 1.85 bits per heavy atom. The average molecular weight is 480 g/mol. The van der Waals surface area contributed by atoms with Gasteiger partial charge in [0.1, 0.15) is 5.69 Å². The number of nitrogen functional groups attached to an aromatic ring is 1. The van der Waals surface area contributed by atoms with Crippen molar-refractivity contribution in [2.24, 2.45) is 4.99 Å². The Morgan fingerprint density at radius 1 is 1.15 bits per heavy atom. The van der Waals surface area contributed by atoms with Gasteiger partial charge in [-0.15, -0.1) is 0 Å². The van der Waals surface area contributed by atoms with Crippen molar-refractivity contribution in [3.63, 3.8) is 0 Å². The van der Waals surface area contributed by atoms with E-state index in [1.54, 1.807) is 6.92 Å². The van der Waals surface area contributed by atoms with E-state index in [9.17, 15) is 9.59 Å². The molecule has 2 aromatic carbocycles. The lowest BCUT2D eigenvalue weighted by Gasteiger charge is -2.13. The minimum Gasteiger partial charge on any atom is -0.394 e. The Balaban J connectivity index is 1.58. The highest BCUT2D eigenvalue weighted by atomic mass is 35.5. The first kappa shape index (κ1) is 25.2. The van der Waals surface area contributed by atoms with Gasteiger partial charge in [-0.05, 0) is 57.4 Å². The zero-order valence-corrected chi connectivity index (χ0v) is 20.5. The molecule has 178 valence electrons. The fourth-order valence-corrected chi connectivity index (χ4v) is 3.94. The monoisotopic (exact) mass is 479 g/mol. The molecule has 0 bridgehead atoms. The molecule has 0 aliphatic carbocycles. The lowest BCUT2D eigenvalue weighted by molar-refractivity contribution is -0.121. The molecule has 8 heteroatoms. The van der Waals surface area contributed by atoms with Crippen molar-refractivity contribution in [3.05, 3.63) is 86.3 Å². The van der Waals surface area contributed by atoms with Crippen LogP contribution in [0.1, 0.15) is 42.1 Å². The third-order valence-corrected chi connectivity index (χ3v) is 5.88. The van der Waals surface area contributed by atoms with Gasteiger partial charge in [0.2, 0.25) is 5.91 Å². The van der Waals surface area contributed by atoms with Gasteiger partial charge in [-0.3, -0.25) is 14.6 Å². The second-order valence-electron chi connectivity index (χ2n) is 8.23. The predicted molar refractivity (Wildman–Crippen MR) is 138 cm³/mol. The minimum atomic E-state index is -0.377. The molecule has 3 rings (SSSR count). The van der Waals surface area contributed by atoms with Crippen LogP contribution in [0.5, 0.6) is 0 Å². The van der Waals surface area contributed by atoms with Crippen LogP contribution in [-0.4, -0.2) is 27.9 Å². The van der Waals surface area contributed by atoms with Gasteiger partial charge in [0.05, 0.1) is 11.4 Å². The summed E-state index contributed by atoms with van der Waals surface area (Å²) in [5.41, 5.74) is 10.7. The second kappa shape index (κ2) is 11.6. The number of amides is 1. The number of aryl methyl sites for hydroxylation is 3. The van der Waals surface area contributed by atoms with E-state index in [1.807, 2.05) is 62.4 Å². The number of hydrogen-bond acceptors (Lipinski definition) is 5. The lowest BCUT2D eigenvalue weighted by Crippen LogP contribution is -2.30. The molecule has 7 nitrogen and oxygen atoms in total. The highest BCUT2D eigenvalue weighted by Crippen LogP contribution is 2.18. The smallest absolute Gasteiger partial charge is 0.290 e. The SMILES string of the molecule is CC(=Nc1ccc(C)cc1)c1c(C)nn(CCCC(=O)NCCc2ccccc2Cl)c(=O)c1N. The average Bonchev–Trinajstić information content (AvgIpc) is 2.80. The summed E-state index contributed by atoms with van der Waals surface area (Å²) in [6.07, 6.45) is 1.41. The summed E-state index contributed by atoms with van der Waals surface area (Å²) < 4.78 is 1.32. The summed E-state index contributed by atoms with van der Waals surface area (Å²) in [5, 5.41) is 7.99. The Bertz CT molecular complexity index is 1250. The molecule has 0 saturated carbocycles.